The summed E-state index contributed by atoms with van der Waals surface area (Å²) in [7, 11) is -3.66. The minimum absolute atomic E-state index is 0.0283. The van der Waals surface area contributed by atoms with Gasteiger partial charge in [0.25, 0.3) is 0 Å². The molecule has 1 aromatic carbocycles. The van der Waals surface area contributed by atoms with Crippen LogP contribution < -0.4 is 10.5 Å². The van der Waals surface area contributed by atoms with Gasteiger partial charge in [-0.2, -0.15) is 0 Å². The van der Waals surface area contributed by atoms with Gasteiger partial charge in [0.05, 0.1) is 4.90 Å². The summed E-state index contributed by atoms with van der Waals surface area (Å²) < 4.78 is 22.2. The second kappa shape index (κ2) is 5.54. The Hall–Kier alpha value is -1.66. The lowest BCUT2D eigenvalue weighted by Crippen LogP contribution is -2.28. The lowest BCUT2D eigenvalue weighted by Gasteiger charge is -2.10. The first-order valence-electron chi connectivity index (χ1n) is 6.01. The van der Waals surface area contributed by atoms with E-state index in [4.69, 9.17) is 5.14 Å². The van der Waals surface area contributed by atoms with Crippen LogP contribution in [0.1, 0.15) is 18.4 Å². The number of allylic oxidation sites excluding steroid dienone is 2. The van der Waals surface area contributed by atoms with E-state index < -0.39 is 10.0 Å². The van der Waals surface area contributed by atoms with Crippen molar-refractivity contribution < 1.29 is 13.2 Å². The Morgan fingerprint density at radius 2 is 1.79 bits per heavy atom. The highest BCUT2D eigenvalue weighted by molar-refractivity contribution is 7.89. The molecule has 6 heteroatoms. The molecule has 2 rings (SSSR count). The Labute approximate surface area is 112 Å². The molecule has 0 bridgehead atoms. The quantitative estimate of drug-likeness (QED) is 0.804. The van der Waals surface area contributed by atoms with Gasteiger partial charge in [-0.05, 0) is 30.5 Å². The normalized spacial score (nSPS) is 15.6. The van der Waals surface area contributed by atoms with Gasteiger partial charge >= 0.3 is 0 Å². The average molecular weight is 280 g/mol. The molecule has 0 heterocycles. The fourth-order valence-corrected chi connectivity index (χ4v) is 2.48. The molecule has 0 saturated carbocycles. The van der Waals surface area contributed by atoms with Crippen molar-refractivity contribution in [3.8, 4) is 0 Å². The van der Waals surface area contributed by atoms with Gasteiger partial charge in [0, 0.05) is 12.5 Å². The SMILES string of the molecule is NS(=O)(=O)c1ccc(CNC(=O)C2CC=CC2)cc1. The molecule has 1 amide bonds. The fourth-order valence-electron chi connectivity index (χ4n) is 1.96. The number of hydrogen-bond acceptors (Lipinski definition) is 3. The largest absolute Gasteiger partial charge is 0.352 e. The molecule has 102 valence electrons. The van der Waals surface area contributed by atoms with Gasteiger partial charge < -0.3 is 5.32 Å². The number of amides is 1. The minimum atomic E-state index is -3.66. The number of rotatable bonds is 4. The second-order valence-electron chi connectivity index (χ2n) is 4.55. The zero-order valence-corrected chi connectivity index (χ0v) is 11.2. The maximum Gasteiger partial charge on any atom is 0.238 e. The minimum Gasteiger partial charge on any atom is -0.352 e. The molecule has 0 unspecified atom stereocenters. The molecule has 0 fully saturated rings. The maximum atomic E-state index is 11.8. The lowest BCUT2D eigenvalue weighted by molar-refractivity contribution is -0.124. The molecule has 1 aromatic rings. The summed E-state index contributed by atoms with van der Waals surface area (Å²) >= 11 is 0. The first-order valence-corrected chi connectivity index (χ1v) is 7.56. The summed E-state index contributed by atoms with van der Waals surface area (Å²) in [4.78, 5) is 11.8. The predicted molar refractivity (Wildman–Crippen MR) is 71.5 cm³/mol. The van der Waals surface area contributed by atoms with Crippen LogP contribution >= 0.6 is 0 Å². The molecule has 0 radical (unpaired) electrons. The fraction of sp³-hybridized carbons (Fsp3) is 0.308. The van der Waals surface area contributed by atoms with Crippen molar-refractivity contribution in [3.05, 3.63) is 42.0 Å². The Morgan fingerprint density at radius 3 is 2.32 bits per heavy atom. The van der Waals surface area contributed by atoms with E-state index in [-0.39, 0.29) is 16.7 Å². The maximum absolute atomic E-state index is 11.8. The number of nitrogens with two attached hydrogens (primary N) is 1. The van der Waals surface area contributed by atoms with Crippen LogP contribution in [0, 0.1) is 5.92 Å². The molecule has 1 aliphatic rings. The Kier molecular flexibility index (Phi) is 4.01. The summed E-state index contributed by atoms with van der Waals surface area (Å²) in [5.41, 5.74) is 0.840. The van der Waals surface area contributed by atoms with Crippen molar-refractivity contribution in [2.45, 2.75) is 24.3 Å². The number of nitrogens with one attached hydrogen (secondary N) is 1. The summed E-state index contributed by atoms with van der Waals surface area (Å²) in [5, 5.41) is 7.85. The molecule has 0 saturated heterocycles. The van der Waals surface area contributed by atoms with Crippen molar-refractivity contribution in [1.29, 1.82) is 0 Å². The summed E-state index contributed by atoms with van der Waals surface area (Å²) in [6.07, 6.45) is 5.59. The highest BCUT2D eigenvalue weighted by Crippen LogP contribution is 2.17. The number of primary sulfonamides is 1. The zero-order chi connectivity index (χ0) is 13.9. The molecule has 5 nitrogen and oxygen atoms in total. The molecule has 0 aromatic heterocycles. The van der Waals surface area contributed by atoms with E-state index in [0.717, 1.165) is 18.4 Å². The van der Waals surface area contributed by atoms with Gasteiger partial charge in [-0.1, -0.05) is 24.3 Å². The molecule has 0 spiro atoms. The van der Waals surface area contributed by atoms with Crippen LogP contribution in [-0.2, 0) is 21.4 Å². The van der Waals surface area contributed by atoms with E-state index in [1.807, 2.05) is 12.2 Å². The Bertz CT molecular complexity index is 583. The highest BCUT2D eigenvalue weighted by Gasteiger charge is 2.18. The van der Waals surface area contributed by atoms with Crippen LogP contribution in [0.2, 0.25) is 0 Å². The summed E-state index contributed by atoms with van der Waals surface area (Å²) in [5.74, 6) is 0.0595. The van der Waals surface area contributed by atoms with Gasteiger partial charge in [-0.25, -0.2) is 13.6 Å². The topological polar surface area (TPSA) is 89.3 Å². The van der Waals surface area contributed by atoms with Crippen LogP contribution in [0.4, 0.5) is 0 Å². The van der Waals surface area contributed by atoms with Crippen molar-refractivity contribution in [3.63, 3.8) is 0 Å². The van der Waals surface area contributed by atoms with Crippen LogP contribution in [0.15, 0.2) is 41.3 Å². The third-order valence-corrected chi connectivity index (χ3v) is 4.03. The number of benzene rings is 1. The Balaban J connectivity index is 1.91. The van der Waals surface area contributed by atoms with Crippen LogP contribution in [0.3, 0.4) is 0 Å². The standard InChI is InChI=1S/C13H16N2O3S/c14-19(17,18)12-7-5-10(6-8-12)9-15-13(16)11-3-1-2-4-11/h1-2,5-8,11H,3-4,9H2,(H,15,16)(H2,14,17,18). The van der Waals surface area contributed by atoms with E-state index in [9.17, 15) is 13.2 Å². The highest BCUT2D eigenvalue weighted by atomic mass is 32.2. The predicted octanol–water partition coefficient (Wildman–Crippen LogP) is 0.916. The third-order valence-electron chi connectivity index (χ3n) is 3.10. The van der Waals surface area contributed by atoms with Crippen LogP contribution in [0.25, 0.3) is 0 Å². The van der Waals surface area contributed by atoms with Gasteiger partial charge in [0.1, 0.15) is 0 Å². The molecular weight excluding hydrogens is 264 g/mol. The van der Waals surface area contributed by atoms with E-state index >= 15 is 0 Å². The van der Waals surface area contributed by atoms with Crippen LogP contribution in [-0.4, -0.2) is 14.3 Å². The van der Waals surface area contributed by atoms with Crippen molar-refractivity contribution in [1.82, 2.24) is 5.32 Å². The molecule has 0 aliphatic heterocycles. The van der Waals surface area contributed by atoms with Gasteiger partial charge in [0.15, 0.2) is 0 Å². The molecular formula is C13H16N2O3S. The smallest absolute Gasteiger partial charge is 0.238 e. The number of hydrogen-bond donors (Lipinski definition) is 2. The number of sulfonamides is 1. The first-order chi connectivity index (χ1) is 8.97. The van der Waals surface area contributed by atoms with Crippen LogP contribution in [0.5, 0.6) is 0 Å². The van der Waals surface area contributed by atoms with Crippen molar-refractivity contribution in [2.24, 2.45) is 11.1 Å². The lowest BCUT2D eigenvalue weighted by atomic mass is 10.1. The summed E-state index contributed by atoms with van der Waals surface area (Å²) in [6.45, 7) is 0.389. The van der Waals surface area contributed by atoms with E-state index in [2.05, 4.69) is 5.32 Å². The van der Waals surface area contributed by atoms with Gasteiger partial charge in [0.2, 0.25) is 15.9 Å². The molecule has 3 N–H and O–H groups in total. The number of carbonyl (C=O) groups excluding carboxylic acids is 1. The zero-order valence-electron chi connectivity index (χ0n) is 10.4. The number of carbonyl (C=O) groups is 1. The first kappa shape index (κ1) is 13.8. The summed E-state index contributed by atoms with van der Waals surface area (Å²) in [6, 6.07) is 6.17. The third kappa shape index (κ3) is 3.65. The van der Waals surface area contributed by atoms with Crippen molar-refractivity contribution >= 4 is 15.9 Å². The van der Waals surface area contributed by atoms with E-state index in [1.54, 1.807) is 12.1 Å². The molecule has 0 atom stereocenters. The van der Waals surface area contributed by atoms with Gasteiger partial charge in [-0.15, -0.1) is 0 Å². The van der Waals surface area contributed by atoms with Gasteiger partial charge in [-0.3, -0.25) is 4.79 Å². The van der Waals surface area contributed by atoms with E-state index in [0.29, 0.717) is 6.54 Å². The van der Waals surface area contributed by atoms with Crippen molar-refractivity contribution in [2.75, 3.05) is 0 Å². The monoisotopic (exact) mass is 280 g/mol. The molecule has 19 heavy (non-hydrogen) atoms. The Morgan fingerprint density at radius 1 is 1.21 bits per heavy atom. The van der Waals surface area contributed by atoms with E-state index in [1.165, 1.54) is 12.1 Å². The average Bonchev–Trinajstić information content (AvgIpc) is 2.89. The second-order valence-corrected chi connectivity index (χ2v) is 6.11. The molecule has 1 aliphatic carbocycles.